The third-order valence-corrected chi connectivity index (χ3v) is 2.97. The third kappa shape index (κ3) is 3.73. The molecule has 0 aliphatic carbocycles. The zero-order valence-electron chi connectivity index (χ0n) is 12.3. The summed E-state index contributed by atoms with van der Waals surface area (Å²) in [7, 11) is 0. The van der Waals surface area contributed by atoms with Crippen molar-refractivity contribution < 1.29 is 31.8 Å². The van der Waals surface area contributed by atoms with E-state index in [0.717, 1.165) is 11.1 Å². The van der Waals surface area contributed by atoms with Crippen molar-refractivity contribution in [2.24, 2.45) is 0 Å². The van der Waals surface area contributed by atoms with Crippen LogP contribution in [0.2, 0.25) is 0 Å². The Balaban J connectivity index is 0.00000324. The smallest absolute Gasteiger partial charge is 0.339 e. The Bertz CT molecular complexity index is 479. The minimum Gasteiger partial charge on any atom is -0.507 e. The number of aromatic hydroxyl groups is 1. The maximum absolute atomic E-state index is 11.1. The first-order valence-electron chi connectivity index (χ1n) is 6.06. The number of hydrogen-bond acceptors (Lipinski definition) is 2. The predicted molar refractivity (Wildman–Crippen MR) is 72.5 cm³/mol. The Morgan fingerprint density at radius 3 is 1.79 bits per heavy atom. The van der Waals surface area contributed by atoms with E-state index >= 15 is 0 Å². The van der Waals surface area contributed by atoms with Gasteiger partial charge in [0.15, 0.2) is 0 Å². The van der Waals surface area contributed by atoms with Crippen LogP contribution in [0.5, 0.6) is 5.75 Å². The fourth-order valence-electron chi connectivity index (χ4n) is 2.15. The van der Waals surface area contributed by atoms with Crippen molar-refractivity contribution in [1.29, 1.82) is 0 Å². The maximum Gasteiger partial charge on any atom is 0.339 e. The number of carboxylic acids is 1. The molecule has 0 aliphatic rings. The molecule has 0 unspecified atom stereocenters. The molecule has 1 aromatic carbocycles. The van der Waals surface area contributed by atoms with Crippen molar-refractivity contribution in [3.05, 3.63) is 28.8 Å². The van der Waals surface area contributed by atoms with Crippen LogP contribution >= 0.6 is 0 Å². The molecule has 3 nitrogen and oxygen atoms in total. The summed E-state index contributed by atoms with van der Waals surface area (Å²) in [6.45, 7) is 12.1. The Hall–Kier alpha value is -1.00. The summed E-state index contributed by atoms with van der Waals surface area (Å²) >= 11 is 0. The Kier molecular flexibility index (Phi) is 5.26. The second-order valence-electron chi connectivity index (χ2n) is 6.69. The van der Waals surface area contributed by atoms with Crippen molar-refractivity contribution in [3.8, 4) is 5.75 Å². The Labute approximate surface area is 125 Å². The van der Waals surface area contributed by atoms with Crippen LogP contribution < -0.4 is 0 Å². The van der Waals surface area contributed by atoms with Gasteiger partial charge in [-0.1, -0.05) is 47.6 Å². The summed E-state index contributed by atoms with van der Waals surface area (Å²) in [6, 6.07) is 3.29. The van der Waals surface area contributed by atoms with Crippen LogP contribution in [0.3, 0.4) is 0 Å². The molecule has 0 spiro atoms. The van der Waals surface area contributed by atoms with Gasteiger partial charge in [-0.25, -0.2) is 4.79 Å². The predicted octanol–water partition coefficient (Wildman–Crippen LogP) is 3.68. The fraction of sp³-hybridized carbons (Fsp3) is 0.533. The van der Waals surface area contributed by atoms with Gasteiger partial charge < -0.3 is 10.2 Å². The van der Waals surface area contributed by atoms with E-state index in [4.69, 9.17) is 5.11 Å². The van der Waals surface area contributed by atoms with E-state index in [1.807, 2.05) is 26.8 Å². The van der Waals surface area contributed by atoms with Gasteiger partial charge in [0.1, 0.15) is 11.3 Å². The van der Waals surface area contributed by atoms with Gasteiger partial charge in [-0.05, 0) is 22.5 Å². The number of phenols is 1. The fourth-order valence-corrected chi connectivity index (χ4v) is 2.15. The largest absolute Gasteiger partial charge is 0.507 e. The van der Waals surface area contributed by atoms with Crippen LogP contribution in [-0.4, -0.2) is 16.2 Å². The SMILES string of the molecule is CC(C)(C)c1ccc(C(=O)O)c(O)c1C(C)(C)C.[Co]. The van der Waals surface area contributed by atoms with E-state index in [0.29, 0.717) is 0 Å². The van der Waals surface area contributed by atoms with Gasteiger partial charge in [-0.3, -0.25) is 0 Å². The average Bonchev–Trinajstić information content (AvgIpc) is 2.12. The minimum absolute atomic E-state index is 0. The molecular weight excluding hydrogens is 287 g/mol. The molecule has 0 amide bonds. The molecule has 1 aromatic rings. The third-order valence-electron chi connectivity index (χ3n) is 2.97. The quantitative estimate of drug-likeness (QED) is 0.832. The molecule has 0 saturated heterocycles. The van der Waals surface area contributed by atoms with E-state index in [9.17, 15) is 9.90 Å². The monoisotopic (exact) mass is 309 g/mol. The average molecular weight is 309 g/mol. The molecule has 19 heavy (non-hydrogen) atoms. The van der Waals surface area contributed by atoms with Gasteiger partial charge >= 0.3 is 5.97 Å². The number of hydrogen-bond donors (Lipinski definition) is 2. The molecule has 2 N–H and O–H groups in total. The molecule has 0 heterocycles. The summed E-state index contributed by atoms with van der Waals surface area (Å²) in [4.78, 5) is 11.1. The number of carbonyl (C=O) groups is 1. The molecule has 1 radical (unpaired) electrons. The van der Waals surface area contributed by atoms with Gasteiger partial charge in [-0.15, -0.1) is 0 Å². The number of benzene rings is 1. The molecule has 0 saturated carbocycles. The van der Waals surface area contributed by atoms with Crippen molar-refractivity contribution in [2.45, 2.75) is 52.4 Å². The van der Waals surface area contributed by atoms with Crippen LogP contribution in [0.25, 0.3) is 0 Å². The summed E-state index contributed by atoms with van der Waals surface area (Å²) in [5, 5.41) is 19.3. The number of aromatic carboxylic acids is 1. The van der Waals surface area contributed by atoms with E-state index in [1.165, 1.54) is 6.07 Å². The molecule has 0 aromatic heterocycles. The standard InChI is InChI=1S/C15H22O3.Co/c1-14(2,3)10-8-7-9(13(17)18)12(16)11(10)15(4,5)6;/h7-8,16H,1-6H3,(H,17,18);. The number of rotatable bonds is 1. The summed E-state index contributed by atoms with van der Waals surface area (Å²) in [6.07, 6.45) is 0. The van der Waals surface area contributed by atoms with Crippen molar-refractivity contribution in [1.82, 2.24) is 0 Å². The van der Waals surface area contributed by atoms with E-state index in [-0.39, 0.29) is 38.9 Å². The zero-order chi connectivity index (χ0) is 14.3. The normalized spacial score (nSPS) is 11.9. The molecule has 0 atom stereocenters. The van der Waals surface area contributed by atoms with Crippen molar-refractivity contribution >= 4 is 5.97 Å². The van der Waals surface area contributed by atoms with Gasteiger partial charge in [0.05, 0.1) is 0 Å². The van der Waals surface area contributed by atoms with Gasteiger partial charge in [0.2, 0.25) is 0 Å². The molecule has 109 valence electrons. The van der Waals surface area contributed by atoms with Crippen molar-refractivity contribution in [3.63, 3.8) is 0 Å². The Morgan fingerprint density at radius 1 is 1.00 bits per heavy atom. The summed E-state index contributed by atoms with van der Waals surface area (Å²) in [5.74, 6) is -1.21. The second-order valence-corrected chi connectivity index (χ2v) is 6.69. The first-order chi connectivity index (χ1) is 7.96. The first kappa shape index (κ1) is 18.0. The Morgan fingerprint density at radius 2 is 1.47 bits per heavy atom. The first-order valence-corrected chi connectivity index (χ1v) is 6.06. The molecule has 4 heteroatoms. The van der Waals surface area contributed by atoms with E-state index in [1.54, 1.807) is 0 Å². The molecule has 0 bridgehead atoms. The van der Waals surface area contributed by atoms with Crippen LogP contribution in [0.1, 0.15) is 63.0 Å². The van der Waals surface area contributed by atoms with Crippen LogP contribution in [0.4, 0.5) is 0 Å². The van der Waals surface area contributed by atoms with E-state index < -0.39 is 5.97 Å². The van der Waals surface area contributed by atoms with Crippen LogP contribution in [-0.2, 0) is 27.6 Å². The number of carboxylic acid groups (broad SMARTS) is 1. The maximum atomic E-state index is 11.1. The van der Waals surface area contributed by atoms with Gasteiger partial charge in [0, 0.05) is 22.3 Å². The molecular formula is C15H22CoO3. The second kappa shape index (κ2) is 5.55. The van der Waals surface area contributed by atoms with Gasteiger partial charge in [0.25, 0.3) is 0 Å². The van der Waals surface area contributed by atoms with Gasteiger partial charge in [-0.2, -0.15) is 0 Å². The van der Waals surface area contributed by atoms with Crippen LogP contribution in [0.15, 0.2) is 12.1 Å². The topological polar surface area (TPSA) is 57.5 Å². The molecule has 0 aliphatic heterocycles. The van der Waals surface area contributed by atoms with E-state index in [2.05, 4.69) is 20.8 Å². The molecule has 1 rings (SSSR count). The summed E-state index contributed by atoms with van der Waals surface area (Å²) in [5.41, 5.74) is 1.22. The zero-order valence-corrected chi connectivity index (χ0v) is 13.3. The summed E-state index contributed by atoms with van der Waals surface area (Å²) < 4.78 is 0. The molecule has 0 fully saturated rings. The van der Waals surface area contributed by atoms with Crippen molar-refractivity contribution in [2.75, 3.05) is 0 Å². The van der Waals surface area contributed by atoms with Crippen LogP contribution in [0, 0.1) is 0 Å². The minimum atomic E-state index is -1.10.